The van der Waals surface area contributed by atoms with Gasteiger partial charge in [0.25, 0.3) is 0 Å². The van der Waals surface area contributed by atoms with Crippen LogP contribution in [0.15, 0.2) is 48.8 Å². The molecule has 2 aliphatic heterocycles. The van der Waals surface area contributed by atoms with Gasteiger partial charge in [-0.1, -0.05) is 12.1 Å². The standard InChI is InChI=1S/C25H26N6/c26-15-19-6-4-7-20(14-19)17-30-13-9-23-22(18-30)25(31-11-2-1-3-12-31)29-24(28-23)21-8-5-10-27-16-21/h4-8,10,14,16H,1-3,9,11-13,17-18H2. The van der Waals surface area contributed by atoms with Gasteiger partial charge in [0.2, 0.25) is 0 Å². The van der Waals surface area contributed by atoms with Crippen molar-refractivity contribution < 1.29 is 0 Å². The Hall–Kier alpha value is -3.30. The Morgan fingerprint density at radius 2 is 1.90 bits per heavy atom. The molecule has 0 amide bonds. The van der Waals surface area contributed by atoms with Gasteiger partial charge in [-0.3, -0.25) is 9.88 Å². The van der Waals surface area contributed by atoms with Crippen LogP contribution in [-0.4, -0.2) is 39.5 Å². The normalized spacial score (nSPS) is 16.5. The Bertz CT molecular complexity index is 1100. The number of rotatable bonds is 4. The smallest absolute Gasteiger partial charge is 0.163 e. The van der Waals surface area contributed by atoms with Gasteiger partial charge in [-0.15, -0.1) is 0 Å². The third kappa shape index (κ3) is 4.28. The Kier molecular flexibility index (Phi) is 5.59. The van der Waals surface area contributed by atoms with Crippen molar-refractivity contribution in [2.45, 2.75) is 38.8 Å². The lowest BCUT2D eigenvalue weighted by Crippen LogP contribution is -2.36. The van der Waals surface area contributed by atoms with Gasteiger partial charge in [0, 0.05) is 62.7 Å². The zero-order valence-electron chi connectivity index (χ0n) is 17.7. The summed E-state index contributed by atoms with van der Waals surface area (Å²) in [7, 11) is 0. The third-order valence-electron chi connectivity index (χ3n) is 6.16. The fraction of sp³-hybridized carbons (Fsp3) is 0.360. The number of aromatic nitrogens is 3. The quantitative estimate of drug-likeness (QED) is 0.649. The van der Waals surface area contributed by atoms with Crippen LogP contribution in [0.5, 0.6) is 0 Å². The van der Waals surface area contributed by atoms with Gasteiger partial charge in [-0.2, -0.15) is 5.26 Å². The van der Waals surface area contributed by atoms with E-state index in [1.54, 1.807) is 6.20 Å². The van der Waals surface area contributed by atoms with Crippen molar-refractivity contribution in [2.24, 2.45) is 0 Å². The second kappa shape index (κ2) is 8.83. The Morgan fingerprint density at radius 1 is 1.00 bits per heavy atom. The minimum Gasteiger partial charge on any atom is -0.356 e. The van der Waals surface area contributed by atoms with Crippen LogP contribution >= 0.6 is 0 Å². The summed E-state index contributed by atoms with van der Waals surface area (Å²) in [5.74, 6) is 1.88. The highest BCUT2D eigenvalue weighted by Crippen LogP contribution is 2.31. The molecule has 0 bridgehead atoms. The minimum atomic E-state index is 0.716. The van der Waals surface area contributed by atoms with E-state index in [2.05, 4.69) is 26.9 Å². The number of pyridine rings is 1. The SMILES string of the molecule is N#Cc1cccc(CN2CCc3nc(-c4cccnc4)nc(N4CCCCC4)c3C2)c1. The lowest BCUT2D eigenvalue weighted by molar-refractivity contribution is 0.243. The summed E-state index contributed by atoms with van der Waals surface area (Å²) < 4.78 is 0. The van der Waals surface area contributed by atoms with Crippen molar-refractivity contribution in [2.75, 3.05) is 24.5 Å². The lowest BCUT2D eigenvalue weighted by Gasteiger charge is -2.34. The molecule has 1 aromatic carbocycles. The largest absolute Gasteiger partial charge is 0.356 e. The topological polar surface area (TPSA) is 68.9 Å². The average molecular weight is 411 g/mol. The fourth-order valence-electron chi connectivity index (χ4n) is 4.58. The van der Waals surface area contributed by atoms with Crippen LogP contribution in [0.4, 0.5) is 5.82 Å². The van der Waals surface area contributed by atoms with Gasteiger partial charge in [0.1, 0.15) is 5.82 Å². The zero-order chi connectivity index (χ0) is 21.0. The van der Waals surface area contributed by atoms with Gasteiger partial charge < -0.3 is 4.90 Å². The maximum atomic E-state index is 9.21. The number of nitrogens with zero attached hydrogens (tertiary/aromatic N) is 6. The van der Waals surface area contributed by atoms with Crippen LogP contribution < -0.4 is 4.90 Å². The first-order chi connectivity index (χ1) is 15.3. The molecule has 0 spiro atoms. The van der Waals surface area contributed by atoms with Gasteiger partial charge in [-0.05, 0) is 49.1 Å². The van der Waals surface area contributed by atoms with E-state index in [9.17, 15) is 5.26 Å². The summed E-state index contributed by atoms with van der Waals surface area (Å²) in [5.41, 5.74) is 5.29. The zero-order valence-corrected chi connectivity index (χ0v) is 17.7. The van der Waals surface area contributed by atoms with Crippen LogP contribution in [0.3, 0.4) is 0 Å². The molecule has 5 rings (SSSR count). The average Bonchev–Trinajstić information content (AvgIpc) is 2.84. The second-order valence-electron chi connectivity index (χ2n) is 8.36. The molecule has 0 saturated carbocycles. The van der Waals surface area contributed by atoms with Crippen LogP contribution in [0.25, 0.3) is 11.4 Å². The first kappa shape index (κ1) is 19.7. The summed E-state index contributed by atoms with van der Waals surface area (Å²) in [6.07, 6.45) is 8.26. The number of hydrogen-bond acceptors (Lipinski definition) is 6. The number of piperidine rings is 1. The molecule has 0 aliphatic carbocycles. The molecule has 3 aromatic rings. The van der Waals surface area contributed by atoms with Crippen LogP contribution in [0.2, 0.25) is 0 Å². The number of benzene rings is 1. The minimum absolute atomic E-state index is 0.716. The predicted octanol–water partition coefficient (Wildman–Crippen LogP) is 3.96. The Labute approximate surface area is 183 Å². The van der Waals surface area contributed by atoms with Crippen LogP contribution in [0.1, 0.15) is 41.6 Å². The molecular weight excluding hydrogens is 384 g/mol. The van der Waals surface area contributed by atoms with Crippen molar-refractivity contribution in [1.82, 2.24) is 19.9 Å². The summed E-state index contributed by atoms with van der Waals surface area (Å²) >= 11 is 0. The molecule has 0 unspecified atom stereocenters. The summed E-state index contributed by atoms with van der Waals surface area (Å²) in [4.78, 5) is 19.2. The fourth-order valence-corrected chi connectivity index (χ4v) is 4.58. The number of anilines is 1. The van der Waals surface area contributed by atoms with Crippen molar-refractivity contribution >= 4 is 5.82 Å². The van der Waals surface area contributed by atoms with Gasteiger partial charge in [-0.25, -0.2) is 9.97 Å². The highest BCUT2D eigenvalue weighted by molar-refractivity contribution is 5.60. The second-order valence-corrected chi connectivity index (χ2v) is 8.36. The first-order valence-electron chi connectivity index (χ1n) is 11.1. The van der Waals surface area contributed by atoms with Crippen molar-refractivity contribution in [1.29, 1.82) is 5.26 Å². The molecule has 31 heavy (non-hydrogen) atoms. The number of fused-ring (bicyclic) bond motifs is 1. The third-order valence-corrected chi connectivity index (χ3v) is 6.16. The van der Waals surface area contributed by atoms with Gasteiger partial charge in [0.15, 0.2) is 5.82 Å². The molecule has 2 aliphatic rings. The molecule has 0 radical (unpaired) electrons. The van der Waals surface area contributed by atoms with Crippen molar-refractivity contribution in [3.63, 3.8) is 0 Å². The maximum Gasteiger partial charge on any atom is 0.163 e. The number of nitriles is 1. The molecule has 6 heteroatoms. The molecule has 0 N–H and O–H groups in total. The lowest BCUT2D eigenvalue weighted by atomic mass is 10.0. The highest BCUT2D eigenvalue weighted by atomic mass is 15.2. The Morgan fingerprint density at radius 3 is 2.71 bits per heavy atom. The van der Waals surface area contributed by atoms with E-state index in [4.69, 9.17) is 9.97 Å². The summed E-state index contributed by atoms with van der Waals surface area (Å²) in [6, 6.07) is 14.1. The summed E-state index contributed by atoms with van der Waals surface area (Å²) in [6.45, 7) is 4.73. The van der Waals surface area contributed by atoms with Crippen LogP contribution in [0, 0.1) is 11.3 Å². The highest BCUT2D eigenvalue weighted by Gasteiger charge is 2.26. The molecule has 1 fully saturated rings. The molecule has 0 atom stereocenters. The maximum absolute atomic E-state index is 9.21. The van der Waals surface area contributed by atoms with Crippen LogP contribution in [-0.2, 0) is 19.5 Å². The van der Waals surface area contributed by atoms with Crippen molar-refractivity contribution in [3.8, 4) is 17.5 Å². The van der Waals surface area contributed by atoms with E-state index >= 15 is 0 Å². The predicted molar refractivity (Wildman–Crippen MR) is 120 cm³/mol. The first-order valence-corrected chi connectivity index (χ1v) is 11.1. The van der Waals surface area contributed by atoms with Gasteiger partial charge >= 0.3 is 0 Å². The van der Waals surface area contributed by atoms with E-state index in [1.807, 2.05) is 36.5 Å². The molecule has 6 nitrogen and oxygen atoms in total. The Balaban J connectivity index is 1.47. The van der Waals surface area contributed by atoms with Crippen molar-refractivity contribution in [3.05, 3.63) is 71.2 Å². The molecule has 2 aromatic heterocycles. The molecule has 156 valence electrons. The summed E-state index contributed by atoms with van der Waals surface area (Å²) in [5, 5.41) is 9.21. The molecule has 1 saturated heterocycles. The molecule has 4 heterocycles. The monoisotopic (exact) mass is 410 g/mol. The van der Waals surface area contributed by atoms with E-state index in [0.29, 0.717) is 5.56 Å². The van der Waals surface area contributed by atoms with Gasteiger partial charge in [0.05, 0.1) is 17.3 Å². The van der Waals surface area contributed by atoms with E-state index in [-0.39, 0.29) is 0 Å². The number of hydrogen-bond donors (Lipinski definition) is 0. The molecular formula is C25H26N6. The van der Waals surface area contributed by atoms with E-state index in [1.165, 1.54) is 30.4 Å². The van der Waals surface area contributed by atoms with E-state index in [0.717, 1.165) is 62.0 Å². The van der Waals surface area contributed by atoms with E-state index < -0.39 is 0 Å².